The molecule has 1 saturated heterocycles. The van der Waals surface area contributed by atoms with E-state index < -0.39 is 25.7 Å². The minimum atomic E-state index is -3.35. The van der Waals surface area contributed by atoms with Crippen LogP contribution < -0.4 is 5.32 Å². The Kier molecular flexibility index (Phi) is 9.05. The first-order valence-corrected chi connectivity index (χ1v) is 18.4. The maximum absolute atomic E-state index is 12.5. The third kappa shape index (κ3) is 7.34. The number of aromatic nitrogens is 1. The van der Waals surface area contributed by atoms with Gasteiger partial charge in [0.05, 0.1) is 16.3 Å². The van der Waals surface area contributed by atoms with Crippen LogP contribution in [0.2, 0.25) is 0 Å². The van der Waals surface area contributed by atoms with E-state index in [4.69, 9.17) is 4.98 Å². The van der Waals surface area contributed by atoms with Crippen molar-refractivity contribution in [2.75, 3.05) is 49.8 Å². The van der Waals surface area contributed by atoms with Gasteiger partial charge in [-0.2, -0.15) is 0 Å². The molecule has 0 aliphatic carbocycles. The minimum absolute atomic E-state index is 0.0867. The molecule has 43 heavy (non-hydrogen) atoms. The van der Waals surface area contributed by atoms with Crippen LogP contribution in [0.1, 0.15) is 48.4 Å². The molecule has 2 aliphatic heterocycles. The number of nitrogens with zero attached hydrogens (tertiary/aromatic N) is 3. The minimum Gasteiger partial charge on any atom is -0.363 e. The second-order valence-electron chi connectivity index (χ2n) is 11.4. The molecule has 0 spiro atoms. The van der Waals surface area contributed by atoms with Crippen LogP contribution in [0.15, 0.2) is 65.7 Å². The van der Waals surface area contributed by atoms with Gasteiger partial charge in [0, 0.05) is 42.1 Å². The fraction of sp³-hybridized carbons (Fsp3) is 0.375. The molecular formula is C32H38N4O5S2. The molecule has 1 unspecified atom stereocenters. The van der Waals surface area contributed by atoms with E-state index in [0.29, 0.717) is 23.0 Å². The lowest BCUT2D eigenvalue weighted by molar-refractivity contribution is -0.111. The van der Waals surface area contributed by atoms with Crippen molar-refractivity contribution in [1.29, 1.82) is 0 Å². The number of piperidine rings is 1. The molecular weight excluding hydrogens is 585 g/mol. The first kappa shape index (κ1) is 30.9. The third-order valence-electron chi connectivity index (χ3n) is 8.30. The molecule has 3 heterocycles. The first-order chi connectivity index (χ1) is 20.4. The lowest BCUT2D eigenvalue weighted by Gasteiger charge is -2.33. The summed E-state index contributed by atoms with van der Waals surface area (Å²) in [5.41, 5.74) is 4.87. The Hall–Kier alpha value is -3.54. The number of benzene rings is 2. The van der Waals surface area contributed by atoms with Gasteiger partial charge in [-0.25, -0.2) is 21.8 Å². The molecule has 0 saturated carbocycles. The number of carbonyl (C=O) groups excluding carboxylic acids is 1. The van der Waals surface area contributed by atoms with E-state index in [0.717, 1.165) is 55.6 Å². The van der Waals surface area contributed by atoms with Gasteiger partial charge in [-0.3, -0.25) is 0 Å². The van der Waals surface area contributed by atoms with E-state index >= 15 is 0 Å². The summed E-state index contributed by atoms with van der Waals surface area (Å²) in [6.07, 6.45) is 9.01. The van der Waals surface area contributed by atoms with E-state index in [1.54, 1.807) is 35.4 Å². The fourth-order valence-corrected chi connectivity index (χ4v) is 6.94. The Morgan fingerprint density at radius 2 is 1.65 bits per heavy atom. The Morgan fingerprint density at radius 3 is 2.23 bits per heavy atom. The Balaban J connectivity index is 1.50. The summed E-state index contributed by atoms with van der Waals surface area (Å²) in [7, 11) is -6.58. The molecule has 9 nitrogen and oxygen atoms in total. The first-order valence-electron chi connectivity index (χ1n) is 14.5. The van der Waals surface area contributed by atoms with Crippen LogP contribution >= 0.6 is 0 Å². The molecule has 1 atom stereocenters. The zero-order chi connectivity index (χ0) is 30.8. The molecule has 3 aromatic rings. The van der Waals surface area contributed by atoms with Crippen molar-refractivity contribution in [3.05, 3.63) is 77.5 Å². The Bertz CT molecular complexity index is 1710. The van der Waals surface area contributed by atoms with Gasteiger partial charge in [0.15, 0.2) is 9.84 Å². The van der Waals surface area contributed by atoms with Crippen LogP contribution in [0.3, 0.4) is 0 Å². The quantitative estimate of drug-likeness (QED) is 0.322. The monoisotopic (exact) mass is 622 g/mol. The van der Waals surface area contributed by atoms with E-state index in [1.807, 2.05) is 24.3 Å². The average molecular weight is 623 g/mol. The van der Waals surface area contributed by atoms with Crippen molar-refractivity contribution >= 4 is 43.5 Å². The van der Waals surface area contributed by atoms with Crippen LogP contribution in [0.5, 0.6) is 0 Å². The van der Waals surface area contributed by atoms with Crippen molar-refractivity contribution in [1.82, 2.24) is 14.8 Å². The molecule has 11 heteroatoms. The number of likely N-dealkylation sites (tertiary alicyclic amines) is 1. The van der Waals surface area contributed by atoms with Crippen molar-refractivity contribution in [2.45, 2.75) is 36.6 Å². The lowest BCUT2D eigenvalue weighted by Crippen LogP contribution is -2.32. The maximum atomic E-state index is 12.5. The summed E-state index contributed by atoms with van der Waals surface area (Å²) >= 11 is 0. The standard InChI is InChI=1S/C32H38N4O5S2/c1-4-35-16-13-24(14-17-35)23-5-9-27(10-6-23)33-32-31-26(15-18-36(30(31)22-37)19-20-42(2,38)39)21-29(34-32)25-7-11-28(12-8-25)43(3,40)41/h5-12,15,18,21-22,24,30H,4,13-14,16-17,19-20H2,1-3H3,(H,33,34). The number of nitrogens with one attached hydrogen (secondary N) is 1. The lowest BCUT2D eigenvalue weighted by atomic mass is 9.89. The van der Waals surface area contributed by atoms with Gasteiger partial charge >= 0.3 is 0 Å². The molecule has 0 bridgehead atoms. The summed E-state index contributed by atoms with van der Waals surface area (Å²) in [5.74, 6) is 0.917. The molecule has 2 aliphatic rings. The maximum Gasteiger partial charge on any atom is 0.175 e. The van der Waals surface area contributed by atoms with Gasteiger partial charge in [-0.05, 0) is 85.9 Å². The summed E-state index contributed by atoms with van der Waals surface area (Å²) in [4.78, 5) is 21.8. The number of pyridine rings is 1. The highest BCUT2D eigenvalue weighted by molar-refractivity contribution is 7.91. The van der Waals surface area contributed by atoms with Gasteiger partial charge in [0.25, 0.3) is 0 Å². The highest BCUT2D eigenvalue weighted by Gasteiger charge is 2.29. The summed E-state index contributed by atoms with van der Waals surface area (Å²) in [6, 6.07) is 16.0. The molecule has 1 N–H and O–H groups in total. The van der Waals surface area contributed by atoms with Gasteiger partial charge in [0.2, 0.25) is 0 Å². The van der Waals surface area contributed by atoms with Crippen molar-refractivity contribution in [3.63, 3.8) is 0 Å². The number of carbonyl (C=O) groups is 1. The third-order valence-corrected chi connectivity index (χ3v) is 10.3. The molecule has 0 radical (unpaired) electrons. The number of rotatable bonds is 10. The van der Waals surface area contributed by atoms with Crippen LogP contribution in [0.25, 0.3) is 17.3 Å². The molecule has 228 valence electrons. The van der Waals surface area contributed by atoms with E-state index in [1.165, 1.54) is 18.1 Å². The zero-order valence-electron chi connectivity index (χ0n) is 24.7. The molecule has 1 fully saturated rings. The smallest absolute Gasteiger partial charge is 0.175 e. The number of hydrogen-bond acceptors (Lipinski definition) is 9. The molecule has 2 aromatic carbocycles. The van der Waals surface area contributed by atoms with E-state index in [2.05, 4.69) is 29.3 Å². The van der Waals surface area contributed by atoms with E-state index in [9.17, 15) is 21.6 Å². The van der Waals surface area contributed by atoms with E-state index in [-0.39, 0.29) is 17.2 Å². The Morgan fingerprint density at radius 1 is 0.977 bits per heavy atom. The number of aldehydes is 1. The number of hydrogen-bond donors (Lipinski definition) is 1. The number of anilines is 2. The van der Waals surface area contributed by atoms with Crippen molar-refractivity contribution in [2.24, 2.45) is 0 Å². The van der Waals surface area contributed by atoms with Crippen LogP contribution in [0.4, 0.5) is 11.5 Å². The van der Waals surface area contributed by atoms with Gasteiger partial charge in [-0.1, -0.05) is 31.2 Å². The van der Waals surface area contributed by atoms with Crippen LogP contribution in [0, 0.1) is 0 Å². The Labute approximate surface area is 254 Å². The summed E-state index contributed by atoms with van der Waals surface area (Å²) < 4.78 is 47.7. The normalized spacial score (nSPS) is 17.9. The second-order valence-corrected chi connectivity index (χ2v) is 15.7. The topological polar surface area (TPSA) is 117 Å². The van der Waals surface area contributed by atoms with Crippen molar-refractivity contribution < 1.29 is 21.6 Å². The largest absolute Gasteiger partial charge is 0.363 e. The molecule has 1 aromatic heterocycles. The second kappa shape index (κ2) is 12.6. The van der Waals surface area contributed by atoms with Gasteiger partial charge in [-0.15, -0.1) is 0 Å². The highest BCUT2D eigenvalue weighted by atomic mass is 32.2. The molecule has 0 amide bonds. The van der Waals surface area contributed by atoms with Crippen molar-refractivity contribution in [3.8, 4) is 11.3 Å². The summed E-state index contributed by atoms with van der Waals surface area (Å²) in [6.45, 7) is 5.65. The molecule has 5 rings (SSSR count). The highest BCUT2D eigenvalue weighted by Crippen LogP contribution is 2.38. The van der Waals surface area contributed by atoms with Gasteiger partial charge in [0.1, 0.15) is 28.0 Å². The van der Waals surface area contributed by atoms with Gasteiger partial charge < -0.3 is 19.9 Å². The summed E-state index contributed by atoms with van der Waals surface area (Å²) in [5, 5.41) is 3.43. The average Bonchev–Trinajstić information content (AvgIpc) is 2.99. The number of fused-ring (bicyclic) bond motifs is 1. The zero-order valence-corrected chi connectivity index (χ0v) is 26.4. The SMILES string of the molecule is CCN1CCC(c2ccc(Nc3nc(-c4ccc(S(C)(=O)=O)cc4)cc4c3C(C=O)N(CCS(C)(=O)=O)C=C4)cc2)CC1. The van der Waals surface area contributed by atoms with Crippen LogP contribution in [-0.2, 0) is 24.5 Å². The predicted octanol–water partition coefficient (Wildman–Crippen LogP) is 4.67. The number of sulfone groups is 2. The van der Waals surface area contributed by atoms with Crippen LogP contribution in [-0.4, -0.2) is 82.3 Å². The fourth-order valence-electron chi connectivity index (χ4n) is 5.76. The predicted molar refractivity (Wildman–Crippen MR) is 171 cm³/mol.